The van der Waals surface area contributed by atoms with Gasteiger partial charge in [0, 0.05) is 16.7 Å². The summed E-state index contributed by atoms with van der Waals surface area (Å²) in [4.78, 5) is 51.7. The Kier molecular flexibility index (Phi) is 8.61. The summed E-state index contributed by atoms with van der Waals surface area (Å²) >= 11 is 0. The van der Waals surface area contributed by atoms with E-state index in [2.05, 4.69) is 0 Å². The van der Waals surface area contributed by atoms with E-state index >= 15 is 0 Å². The SMILES string of the molecule is COc1ccc2c3c1O[C@@H]1C(OC(=O)C[C@H](O)C(=O)O[C@H](C(=O)O[C@H](C(=O)O)c4ccccc4)c4ccccc4)=CC[C@]4(O)[C@@H](CCC[C@@]314)C2. The van der Waals surface area contributed by atoms with Crippen LogP contribution in [0.25, 0.3) is 0 Å². The van der Waals surface area contributed by atoms with Crippen molar-refractivity contribution in [3.63, 3.8) is 0 Å². The molecule has 0 radical (unpaired) electrons. The third-order valence-electron chi connectivity index (χ3n) is 10.4. The van der Waals surface area contributed by atoms with Crippen molar-refractivity contribution in [2.45, 2.75) is 74.0 Å². The molecule has 4 aliphatic rings. The van der Waals surface area contributed by atoms with Crippen molar-refractivity contribution >= 4 is 23.9 Å². The molecular weight excluding hydrogens is 648 g/mol. The van der Waals surface area contributed by atoms with E-state index in [9.17, 15) is 34.5 Å². The molecule has 0 unspecified atom stereocenters. The van der Waals surface area contributed by atoms with Crippen LogP contribution in [0.5, 0.6) is 11.5 Å². The van der Waals surface area contributed by atoms with Gasteiger partial charge in [-0.3, -0.25) is 4.79 Å². The first-order chi connectivity index (χ1) is 24.1. The van der Waals surface area contributed by atoms with Crippen molar-refractivity contribution in [3.05, 3.63) is 107 Å². The first kappa shape index (κ1) is 33.3. The minimum atomic E-state index is -2.05. The van der Waals surface area contributed by atoms with Crippen LogP contribution >= 0.6 is 0 Å². The van der Waals surface area contributed by atoms with Crippen molar-refractivity contribution in [3.8, 4) is 11.5 Å². The number of aliphatic hydroxyl groups is 2. The first-order valence-electron chi connectivity index (χ1n) is 16.5. The number of carbonyl (C=O) groups is 4. The summed E-state index contributed by atoms with van der Waals surface area (Å²) in [5.74, 6) is -3.76. The normalized spacial score (nSPS) is 25.8. The van der Waals surface area contributed by atoms with Gasteiger partial charge in [-0.25, -0.2) is 14.4 Å². The van der Waals surface area contributed by atoms with Crippen LogP contribution in [0.2, 0.25) is 0 Å². The van der Waals surface area contributed by atoms with E-state index in [4.69, 9.17) is 23.7 Å². The zero-order valence-corrected chi connectivity index (χ0v) is 27.2. The van der Waals surface area contributed by atoms with E-state index in [0.29, 0.717) is 24.3 Å². The van der Waals surface area contributed by atoms with Crippen LogP contribution in [0.15, 0.2) is 84.6 Å². The van der Waals surface area contributed by atoms with Crippen molar-refractivity contribution in [2.24, 2.45) is 5.92 Å². The fourth-order valence-corrected chi connectivity index (χ4v) is 8.24. The number of benzene rings is 3. The van der Waals surface area contributed by atoms with Gasteiger partial charge in [-0.05, 0) is 49.3 Å². The van der Waals surface area contributed by atoms with E-state index in [1.807, 2.05) is 12.1 Å². The summed E-state index contributed by atoms with van der Waals surface area (Å²) in [7, 11) is 1.53. The quantitative estimate of drug-likeness (QED) is 0.196. The van der Waals surface area contributed by atoms with Gasteiger partial charge >= 0.3 is 23.9 Å². The molecule has 1 heterocycles. The van der Waals surface area contributed by atoms with E-state index in [1.54, 1.807) is 42.5 Å². The number of aliphatic carboxylic acids is 1. The molecule has 12 nitrogen and oxygen atoms in total. The molecular formula is C38H36O12. The fourth-order valence-electron chi connectivity index (χ4n) is 8.24. The van der Waals surface area contributed by atoms with Gasteiger partial charge < -0.3 is 39.0 Å². The van der Waals surface area contributed by atoms with Crippen molar-refractivity contribution in [1.82, 2.24) is 0 Å². The zero-order chi connectivity index (χ0) is 35.2. The molecule has 3 aromatic carbocycles. The van der Waals surface area contributed by atoms with Gasteiger partial charge in [-0.15, -0.1) is 0 Å². The van der Waals surface area contributed by atoms with Crippen LogP contribution in [0.4, 0.5) is 0 Å². The van der Waals surface area contributed by atoms with Gasteiger partial charge in [0.1, 0.15) is 5.76 Å². The lowest BCUT2D eigenvalue weighted by Crippen LogP contribution is -2.67. The predicted octanol–water partition coefficient (Wildman–Crippen LogP) is 4.02. The van der Waals surface area contributed by atoms with E-state index in [0.717, 1.165) is 24.0 Å². The van der Waals surface area contributed by atoms with Crippen LogP contribution < -0.4 is 9.47 Å². The second-order valence-corrected chi connectivity index (χ2v) is 13.1. The average molecular weight is 685 g/mol. The molecule has 50 heavy (non-hydrogen) atoms. The maximum Gasteiger partial charge on any atom is 0.353 e. The minimum Gasteiger partial charge on any atom is -0.493 e. The molecule has 1 aliphatic heterocycles. The number of carboxylic acid groups (broad SMARTS) is 1. The smallest absolute Gasteiger partial charge is 0.353 e. The highest BCUT2D eigenvalue weighted by atomic mass is 16.6. The molecule has 1 saturated carbocycles. The molecule has 1 fully saturated rings. The number of hydrogen-bond donors (Lipinski definition) is 3. The van der Waals surface area contributed by atoms with Crippen LogP contribution in [-0.2, 0) is 45.2 Å². The number of rotatable bonds is 11. The maximum absolute atomic E-state index is 13.3. The van der Waals surface area contributed by atoms with E-state index < -0.39 is 65.7 Å². The Morgan fingerprint density at radius 2 is 1.58 bits per heavy atom. The molecule has 7 rings (SSSR count). The Bertz CT molecular complexity index is 1860. The van der Waals surface area contributed by atoms with Gasteiger partial charge in [0.15, 0.2) is 23.7 Å². The van der Waals surface area contributed by atoms with Crippen molar-refractivity contribution in [2.75, 3.05) is 7.11 Å². The number of aliphatic hydroxyl groups excluding tert-OH is 1. The summed E-state index contributed by atoms with van der Waals surface area (Å²) in [5.41, 5.74) is 0.288. The Balaban J connectivity index is 1.07. The summed E-state index contributed by atoms with van der Waals surface area (Å²) in [6.07, 6.45) is -2.31. The fraction of sp³-hybridized carbons (Fsp3) is 0.368. The molecule has 1 spiro atoms. The second-order valence-electron chi connectivity index (χ2n) is 13.1. The summed E-state index contributed by atoms with van der Waals surface area (Å²) in [6.45, 7) is 0. The largest absolute Gasteiger partial charge is 0.493 e. The third kappa shape index (κ3) is 5.39. The monoisotopic (exact) mass is 684 g/mol. The molecule has 3 aromatic rings. The van der Waals surface area contributed by atoms with Crippen LogP contribution in [-0.4, -0.2) is 64.1 Å². The molecule has 12 heteroatoms. The number of methoxy groups -OCH3 is 1. The van der Waals surface area contributed by atoms with Gasteiger partial charge in [0.2, 0.25) is 12.2 Å². The highest BCUT2D eigenvalue weighted by Crippen LogP contribution is 2.67. The van der Waals surface area contributed by atoms with Crippen molar-refractivity contribution < 1.29 is 58.2 Å². The molecule has 7 atom stereocenters. The molecule has 0 aromatic heterocycles. The van der Waals surface area contributed by atoms with Gasteiger partial charge in [-0.1, -0.05) is 73.2 Å². The molecule has 3 N–H and O–H groups in total. The lowest BCUT2D eigenvalue weighted by molar-refractivity contribution is -0.182. The topological polar surface area (TPSA) is 175 Å². The highest BCUT2D eigenvalue weighted by Gasteiger charge is 2.71. The molecule has 0 amide bonds. The Hall–Kier alpha value is -5.20. The van der Waals surface area contributed by atoms with Crippen LogP contribution in [0, 0.1) is 5.92 Å². The first-order valence-corrected chi connectivity index (χ1v) is 16.5. The molecule has 3 aliphatic carbocycles. The van der Waals surface area contributed by atoms with Crippen LogP contribution in [0.1, 0.15) is 66.6 Å². The number of esters is 3. The highest BCUT2D eigenvalue weighted by molar-refractivity contribution is 5.87. The van der Waals surface area contributed by atoms with Crippen LogP contribution in [0.3, 0.4) is 0 Å². The Labute approximate surface area is 287 Å². The molecule has 2 bridgehead atoms. The number of carbonyl (C=O) groups excluding carboxylic acids is 3. The maximum atomic E-state index is 13.3. The van der Waals surface area contributed by atoms with Gasteiger partial charge in [0.05, 0.1) is 24.5 Å². The third-order valence-corrected chi connectivity index (χ3v) is 10.4. The Morgan fingerprint density at radius 1 is 0.920 bits per heavy atom. The standard InChI is InChI=1S/C38H36O12/c1-46-26-15-14-23-19-24-13-8-17-37-29(23)32(26)48-33(37)27(16-18-38(24,37)45)47-28(40)20-25(39)35(43)50-31(22-11-6-3-7-12-22)36(44)49-30(34(41)42)21-9-4-2-5-10-21/h2-7,9-12,14-16,24-25,30-31,33,39,45H,8,13,17-20H2,1H3,(H,41,42)/t24-,25-,30-,31-,33+,37+,38-/m0/s1. The average Bonchev–Trinajstić information content (AvgIpc) is 3.46. The number of carboxylic acids is 1. The van der Waals surface area contributed by atoms with Gasteiger partial charge in [0.25, 0.3) is 0 Å². The van der Waals surface area contributed by atoms with E-state index in [1.165, 1.54) is 31.4 Å². The van der Waals surface area contributed by atoms with Gasteiger partial charge in [-0.2, -0.15) is 0 Å². The summed E-state index contributed by atoms with van der Waals surface area (Å²) in [5, 5.41) is 32.8. The Morgan fingerprint density at radius 3 is 2.24 bits per heavy atom. The minimum absolute atomic E-state index is 0.0120. The molecule has 0 saturated heterocycles. The summed E-state index contributed by atoms with van der Waals surface area (Å²) < 4.78 is 28.5. The summed E-state index contributed by atoms with van der Waals surface area (Å²) in [6, 6.07) is 19.4. The second kappa shape index (κ2) is 12.9. The lowest BCUT2D eigenvalue weighted by atomic mass is 9.47. The zero-order valence-electron chi connectivity index (χ0n) is 27.2. The molecule has 260 valence electrons. The number of ether oxygens (including phenoxy) is 5. The predicted molar refractivity (Wildman–Crippen MR) is 173 cm³/mol. The van der Waals surface area contributed by atoms with Crippen molar-refractivity contribution in [1.29, 1.82) is 0 Å². The number of hydrogen-bond acceptors (Lipinski definition) is 11. The van der Waals surface area contributed by atoms with E-state index in [-0.39, 0.29) is 29.2 Å². The lowest BCUT2D eigenvalue weighted by Gasteiger charge is -2.59.